The van der Waals surface area contributed by atoms with Gasteiger partial charge < -0.3 is 14.2 Å². The standard InChI is InChI=1S/C55H106O6/c1-6-8-9-10-28-35-40-45-53(56)59-48-52(61-55(58)47-42-37-32-27-23-19-20-24-29-33-38-43-50(3)4)49-60-54(57)46-41-36-31-26-22-18-16-14-12-11-13-15-17-21-25-30-34-39-44-51(5)7-2/h50-52H,6-49H2,1-5H3/t51?,52-/m0/s1. The molecular formula is C55H106O6. The Morgan fingerprint density at radius 1 is 0.344 bits per heavy atom. The van der Waals surface area contributed by atoms with E-state index in [4.69, 9.17) is 14.2 Å². The van der Waals surface area contributed by atoms with Crippen LogP contribution in [0.5, 0.6) is 0 Å². The van der Waals surface area contributed by atoms with Gasteiger partial charge in [-0.05, 0) is 31.1 Å². The van der Waals surface area contributed by atoms with Crippen LogP contribution in [0.2, 0.25) is 0 Å². The Bertz CT molecular complexity index is 933. The zero-order valence-electron chi connectivity index (χ0n) is 41.8. The van der Waals surface area contributed by atoms with Crippen LogP contribution in [0.3, 0.4) is 0 Å². The van der Waals surface area contributed by atoms with Gasteiger partial charge in [0, 0.05) is 19.3 Å². The van der Waals surface area contributed by atoms with Gasteiger partial charge in [0.2, 0.25) is 0 Å². The van der Waals surface area contributed by atoms with Gasteiger partial charge in [-0.25, -0.2) is 0 Å². The SMILES string of the molecule is CCCCCCCCCC(=O)OC[C@@H](COC(=O)CCCCCCCCCCCCCCCCCCCCC(C)CC)OC(=O)CCCCCCCCCCCCCC(C)C. The molecule has 0 aromatic heterocycles. The minimum absolute atomic E-state index is 0.0637. The molecule has 0 saturated heterocycles. The molecule has 2 atom stereocenters. The first-order valence-corrected chi connectivity index (χ1v) is 27.3. The highest BCUT2D eigenvalue weighted by atomic mass is 16.6. The van der Waals surface area contributed by atoms with Crippen molar-refractivity contribution in [1.82, 2.24) is 0 Å². The molecule has 0 radical (unpaired) electrons. The van der Waals surface area contributed by atoms with E-state index in [0.717, 1.165) is 69.6 Å². The van der Waals surface area contributed by atoms with Crippen molar-refractivity contribution < 1.29 is 28.6 Å². The third-order valence-corrected chi connectivity index (χ3v) is 12.8. The third-order valence-electron chi connectivity index (χ3n) is 12.8. The highest BCUT2D eigenvalue weighted by Crippen LogP contribution is 2.18. The number of esters is 3. The largest absolute Gasteiger partial charge is 0.462 e. The van der Waals surface area contributed by atoms with Crippen molar-refractivity contribution in [2.45, 2.75) is 310 Å². The first-order chi connectivity index (χ1) is 29.8. The minimum atomic E-state index is -0.760. The summed E-state index contributed by atoms with van der Waals surface area (Å²) < 4.78 is 16.8. The van der Waals surface area contributed by atoms with Gasteiger partial charge in [0.15, 0.2) is 6.10 Å². The molecule has 0 aliphatic carbocycles. The molecule has 0 bridgehead atoms. The number of hydrogen-bond donors (Lipinski definition) is 0. The molecule has 6 nitrogen and oxygen atoms in total. The van der Waals surface area contributed by atoms with E-state index in [-0.39, 0.29) is 31.1 Å². The Kier molecular flexibility index (Phi) is 46.6. The van der Waals surface area contributed by atoms with Crippen molar-refractivity contribution in [3.05, 3.63) is 0 Å². The van der Waals surface area contributed by atoms with Crippen LogP contribution in [0, 0.1) is 11.8 Å². The summed E-state index contributed by atoms with van der Waals surface area (Å²) in [6.07, 6.45) is 49.6. The van der Waals surface area contributed by atoms with Crippen LogP contribution < -0.4 is 0 Å². The molecule has 61 heavy (non-hydrogen) atoms. The van der Waals surface area contributed by atoms with E-state index in [1.807, 2.05) is 0 Å². The molecule has 362 valence electrons. The number of rotatable bonds is 49. The second kappa shape index (κ2) is 47.9. The molecule has 0 aromatic carbocycles. The van der Waals surface area contributed by atoms with E-state index >= 15 is 0 Å². The molecule has 0 rings (SSSR count). The van der Waals surface area contributed by atoms with Crippen molar-refractivity contribution in [3.63, 3.8) is 0 Å². The second-order valence-corrected chi connectivity index (χ2v) is 19.6. The van der Waals surface area contributed by atoms with Crippen molar-refractivity contribution >= 4 is 17.9 Å². The first-order valence-electron chi connectivity index (χ1n) is 27.3. The third kappa shape index (κ3) is 47.7. The van der Waals surface area contributed by atoms with Crippen LogP contribution >= 0.6 is 0 Å². The van der Waals surface area contributed by atoms with Gasteiger partial charge in [0.1, 0.15) is 13.2 Å². The van der Waals surface area contributed by atoms with Crippen LogP contribution in [0.4, 0.5) is 0 Å². The Balaban J connectivity index is 4.12. The van der Waals surface area contributed by atoms with Crippen LogP contribution in [-0.2, 0) is 28.6 Å². The van der Waals surface area contributed by atoms with Gasteiger partial charge in [0.05, 0.1) is 0 Å². The molecule has 0 saturated carbocycles. The molecule has 0 aliphatic heterocycles. The molecule has 0 heterocycles. The lowest BCUT2D eigenvalue weighted by Gasteiger charge is -2.18. The fraction of sp³-hybridized carbons (Fsp3) is 0.945. The molecule has 1 unspecified atom stereocenters. The Morgan fingerprint density at radius 3 is 0.934 bits per heavy atom. The van der Waals surface area contributed by atoms with E-state index in [2.05, 4.69) is 34.6 Å². The highest BCUT2D eigenvalue weighted by molar-refractivity contribution is 5.71. The summed E-state index contributed by atoms with van der Waals surface area (Å²) in [6.45, 7) is 11.4. The predicted octanol–water partition coefficient (Wildman–Crippen LogP) is 17.7. The fourth-order valence-corrected chi connectivity index (χ4v) is 8.31. The van der Waals surface area contributed by atoms with Crippen LogP contribution in [0.15, 0.2) is 0 Å². The zero-order valence-corrected chi connectivity index (χ0v) is 41.8. The molecular weight excluding hydrogens is 757 g/mol. The molecule has 0 N–H and O–H groups in total. The van der Waals surface area contributed by atoms with Gasteiger partial charge >= 0.3 is 17.9 Å². The van der Waals surface area contributed by atoms with Gasteiger partial charge in [-0.3, -0.25) is 14.4 Å². The van der Waals surface area contributed by atoms with Gasteiger partial charge in [-0.15, -0.1) is 0 Å². The minimum Gasteiger partial charge on any atom is -0.462 e. The zero-order chi connectivity index (χ0) is 44.7. The lowest BCUT2D eigenvalue weighted by atomic mass is 9.99. The van der Waals surface area contributed by atoms with E-state index in [1.165, 1.54) is 193 Å². The first kappa shape index (κ1) is 59.4. The van der Waals surface area contributed by atoms with Crippen molar-refractivity contribution in [3.8, 4) is 0 Å². The maximum absolute atomic E-state index is 12.8. The maximum Gasteiger partial charge on any atom is 0.306 e. The summed E-state index contributed by atoms with van der Waals surface area (Å²) in [5.41, 5.74) is 0. The Labute approximate surface area is 380 Å². The number of ether oxygens (including phenoxy) is 3. The summed E-state index contributed by atoms with van der Waals surface area (Å²) in [5.74, 6) is 0.883. The van der Waals surface area contributed by atoms with E-state index in [1.54, 1.807) is 0 Å². The average Bonchev–Trinajstić information content (AvgIpc) is 3.24. The summed E-state index contributed by atoms with van der Waals surface area (Å²) in [7, 11) is 0. The van der Waals surface area contributed by atoms with Gasteiger partial charge in [-0.1, -0.05) is 266 Å². The summed E-state index contributed by atoms with van der Waals surface area (Å²) in [4.78, 5) is 37.8. The highest BCUT2D eigenvalue weighted by Gasteiger charge is 2.19. The number of carbonyl (C=O) groups is 3. The fourth-order valence-electron chi connectivity index (χ4n) is 8.31. The quantitative estimate of drug-likeness (QED) is 0.0344. The number of hydrogen-bond acceptors (Lipinski definition) is 6. The topological polar surface area (TPSA) is 78.9 Å². The van der Waals surface area contributed by atoms with Crippen LogP contribution in [0.1, 0.15) is 304 Å². The Morgan fingerprint density at radius 2 is 0.623 bits per heavy atom. The van der Waals surface area contributed by atoms with Gasteiger partial charge in [-0.2, -0.15) is 0 Å². The molecule has 0 aliphatic rings. The normalized spacial score (nSPS) is 12.5. The predicted molar refractivity (Wildman–Crippen MR) is 261 cm³/mol. The second-order valence-electron chi connectivity index (χ2n) is 19.6. The molecule has 0 spiro atoms. The summed E-state index contributed by atoms with van der Waals surface area (Å²) in [5, 5.41) is 0. The lowest BCUT2D eigenvalue weighted by Crippen LogP contribution is -2.30. The number of carbonyl (C=O) groups excluding carboxylic acids is 3. The number of unbranched alkanes of at least 4 members (excludes halogenated alkanes) is 33. The summed E-state index contributed by atoms with van der Waals surface area (Å²) >= 11 is 0. The lowest BCUT2D eigenvalue weighted by molar-refractivity contribution is -0.167. The average molecular weight is 863 g/mol. The molecule has 0 fully saturated rings. The van der Waals surface area contributed by atoms with E-state index in [0.29, 0.717) is 19.3 Å². The van der Waals surface area contributed by atoms with Crippen molar-refractivity contribution in [1.29, 1.82) is 0 Å². The Hall–Kier alpha value is -1.59. The van der Waals surface area contributed by atoms with Crippen molar-refractivity contribution in [2.75, 3.05) is 13.2 Å². The van der Waals surface area contributed by atoms with Gasteiger partial charge in [0.25, 0.3) is 0 Å². The molecule has 0 amide bonds. The summed E-state index contributed by atoms with van der Waals surface area (Å²) in [6, 6.07) is 0. The van der Waals surface area contributed by atoms with Crippen molar-refractivity contribution in [2.24, 2.45) is 11.8 Å². The van der Waals surface area contributed by atoms with E-state index in [9.17, 15) is 14.4 Å². The maximum atomic E-state index is 12.8. The van der Waals surface area contributed by atoms with Crippen LogP contribution in [-0.4, -0.2) is 37.2 Å². The van der Waals surface area contributed by atoms with Crippen LogP contribution in [0.25, 0.3) is 0 Å². The monoisotopic (exact) mass is 863 g/mol. The molecule has 6 heteroatoms. The van der Waals surface area contributed by atoms with E-state index < -0.39 is 6.10 Å². The smallest absolute Gasteiger partial charge is 0.306 e. The molecule has 0 aromatic rings.